The van der Waals surface area contributed by atoms with Crippen LogP contribution in [-0.2, 0) is 4.79 Å². The summed E-state index contributed by atoms with van der Waals surface area (Å²) in [6.07, 6.45) is 3.63. The molecule has 0 spiro atoms. The van der Waals surface area contributed by atoms with E-state index in [2.05, 4.69) is 17.1 Å². The molecule has 0 aromatic rings. The molecule has 1 amide bonds. The molecule has 1 aliphatic heterocycles. The number of hydrogen-bond donors (Lipinski definition) is 1. The van der Waals surface area contributed by atoms with Crippen LogP contribution in [0.15, 0.2) is 0 Å². The molecule has 0 bridgehead atoms. The third-order valence-electron chi connectivity index (χ3n) is 3.44. The summed E-state index contributed by atoms with van der Waals surface area (Å²) < 4.78 is 0. The first-order chi connectivity index (χ1) is 8.17. The van der Waals surface area contributed by atoms with Crippen LogP contribution < -0.4 is 5.32 Å². The van der Waals surface area contributed by atoms with Gasteiger partial charge < -0.3 is 10.2 Å². The SMILES string of the molecule is CCCN(CC(=O)N(C)CC)CC1CCCN1. The predicted molar refractivity (Wildman–Crippen MR) is 71.1 cm³/mol. The van der Waals surface area contributed by atoms with Crippen molar-refractivity contribution in [2.75, 3.05) is 39.8 Å². The minimum atomic E-state index is 0.235. The van der Waals surface area contributed by atoms with E-state index in [1.165, 1.54) is 12.8 Å². The van der Waals surface area contributed by atoms with E-state index < -0.39 is 0 Å². The number of likely N-dealkylation sites (N-methyl/N-ethyl adjacent to an activating group) is 1. The lowest BCUT2D eigenvalue weighted by molar-refractivity contribution is -0.131. The number of carbonyl (C=O) groups is 1. The zero-order valence-electron chi connectivity index (χ0n) is 11.5. The largest absolute Gasteiger partial charge is 0.345 e. The number of carbonyl (C=O) groups excluding carboxylic acids is 1. The van der Waals surface area contributed by atoms with Gasteiger partial charge in [-0.1, -0.05) is 6.92 Å². The van der Waals surface area contributed by atoms with Gasteiger partial charge in [0.05, 0.1) is 6.54 Å². The smallest absolute Gasteiger partial charge is 0.236 e. The first-order valence-electron chi connectivity index (χ1n) is 6.87. The fourth-order valence-corrected chi connectivity index (χ4v) is 2.26. The molecule has 0 aliphatic carbocycles. The fourth-order valence-electron chi connectivity index (χ4n) is 2.26. The van der Waals surface area contributed by atoms with Crippen LogP contribution in [0.1, 0.15) is 33.1 Å². The Labute approximate surface area is 105 Å². The Morgan fingerprint density at radius 3 is 2.71 bits per heavy atom. The first-order valence-corrected chi connectivity index (χ1v) is 6.87. The molecule has 1 fully saturated rings. The zero-order valence-corrected chi connectivity index (χ0v) is 11.5. The summed E-state index contributed by atoms with van der Waals surface area (Å²) in [4.78, 5) is 16.0. The maximum Gasteiger partial charge on any atom is 0.236 e. The Bertz CT molecular complexity index is 227. The number of rotatable bonds is 7. The molecular weight excluding hydrogens is 214 g/mol. The van der Waals surface area contributed by atoms with Crippen LogP contribution in [-0.4, -0.2) is 61.5 Å². The second kappa shape index (κ2) is 7.67. The second-order valence-electron chi connectivity index (χ2n) is 4.94. The lowest BCUT2D eigenvalue weighted by Gasteiger charge is -2.26. The summed E-state index contributed by atoms with van der Waals surface area (Å²) in [7, 11) is 1.88. The van der Waals surface area contributed by atoms with Gasteiger partial charge in [0.1, 0.15) is 0 Å². The molecule has 1 heterocycles. The molecule has 1 atom stereocenters. The molecule has 0 saturated carbocycles. The number of amides is 1. The molecule has 0 aromatic carbocycles. The molecule has 0 aromatic heterocycles. The first kappa shape index (κ1) is 14.5. The molecule has 1 rings (SSSR count). The average Bonchev–Trinajstić information content (AvgIpc) is 2.81. The predicted octanol–water partition coefficient (Wildman–Crippen LogP) is 0.929. The third kappa shape index (κ3) is 5.04. The highest BCUT2D eigenvalue weighted by atomic mass is 16.2. The van der Waals surface area contributed by atoms with Gasteiger partial charge in [-0.2, -0.15) is 0 Å². The molecule has 4 heteroatoms. The topological polar surface area (TPSA) is 35.6 Å². The van der Waals surface area contributed by atoms with E-state index in [1.54, 1.807) is 4.90 Å². The fraction of sp³-hybridized carbons (Fsp3) is 0.923. The molecule has 0 radical (unpaired) electrons. The van der Waals surface area contributed by atoms with Crippen molar-refractivity contribution in [2.24, 2.45) is 0 Å². The monoisotopic (exact) mass is 241 g/mol. The van der Waals surface area contributed by atoms with E-state index in [4.69, 9.17) is 0 Å². The van der Waals surface area contributed by atoms with Crippen molar-refractivity contribution in [1.82, 2.24) is 15.1 Å². The van der Waals surface area contributed by atoms with Gasteiger partial charge in [0, 0.05) is 26.2 Å². The van der Waals surface area contributed by atoms with Crippen molar-refractivity contribution in [2.45, 2.75) is 39.2 Å². The Morgan fingerprint density at radius 2 is 2.18 bits per heavy atom. The third-order valence-corrected chi connectivity index (χ3v) is 3.44. The minimum Gasteiger partial charge on any atom is -0.345 e. The zero-order chi connectivity index (χ0) is 12.7. The maximum absolute atomic E-state index is 11.9. The van der Waals surface area contributed by atoms with Crippen LogP contribution in [0.4, 0.5) is 0 Å². The standard InChI is InChI=1S/C13H27N3O/c1-4-9-16(10-12-7-6-8-14-12)11-13(17)15(3)5-2/h12,14H,4-11H2,1-3H3. The molecule has 17 heavy (non-hydrogen) atoms. The highest BCUT2D eigenvalue weighted by molar-refractivity contribution is 5.77. The maximum atomic E-state index is 11.9. The van der Waals surface area contributed by atoms with E-state index in [9.17, 15) is 4.79 Å². The van der Waals surface area contributed by atoms with Gasteiger partial charge in [0.15, 0.2) is 0 Å². The van der Waals surface area contributed by atoms with Crippen molar-refractivity contribution >= 4 is 5.91 Å². The highest BCUT2D eigenvalue weighted by Crippen LogP contribution is 2.07. The van der Waals surface area contributed by atoms with Gasteiger partial charge in [-0.05, 0) is 39.3 Å². The molecule has 1 unspecified atom stereocenters. The Kier molecular flexibility index (Phi) is 6.52. The van der Waals surface area contributed by atoms with Gasteiger partial charge >= 0.3 is 0 Å². The molecule has 100 valence electrons. The minimum absolute atomic E-state index is 0.235. The summed E-state index contributed by atoms with van der Waals surface area (Å²) in [5.74, 6) is 0.235. The quantitative estimate of drug-likeness (QED) is 0.720. The van der Waals surface area contributed by atoms with Crippen molar-refractivity contribution in [1.29, 1.82) is 0 Å². The molecule has 1 saturated heterocycles. The molecule has 4 nitrogen and oxygen atoms in total. The Balaban J connectivity index is 2.38. The van der Waals surface area contributed by atoms with E-state index in [0.717, 1.165) is 32.6 Å². The van der Waals surface area contributed by atoms with Gasteiger partial charge in [-0.15, -0.1) is 0 Å². The molecule has 1 N–H and O–H groups in total. The van der Waals surface area contributed by atoms with E-state index in [1.807, 2.05) is 14.0 Å². The van der Waals surface area contributed by atoms with Crippen molar-refractivity contribution in [3.05, 3.63) is 0 Å². The van der Waals surface area contributed by atoms with E-state index in [0.29, 0.717) is 12.6 Å². The highest BCUT2D eigenvalue weighted by Gasteiger charge is 2.19. The Morgan fingerprint density at radius 1 is 1.41 bits per heavy atom. The van der Waals surface area contributed by atoms with Crippen LogP contribution in [0.5, 0.6) is 0 Å². The molecular formula is C13H27N3O. The van der Waals surface area contributed by atoms with Crippen molar-refractivity contribution in [3.8, 4) is 0 Å². The van der Waals surface area contributed by atoms with Crippen molar-refractivity contribution < 1.29 is 4.79 Å². The summed E-state index contributed by atoms with van der Waals surface area (Å²) in [6.45, 7) is 8.70. The van der Waals surface area contributed by atoms with Crippen molar-refractivity contribution in [3.63, 3.8) is 0 Å². The summed E-state index contributed by atoms with van der Waals surface area (Å²) >= 11 is 0. The van der Waals surface area contributed by atoms with E-state index in [-0.39, 0.29) is 5.91 Å². The lowest BCUT2D eigenvalue weighted by atomic mass is 10.2. The van der Waals surface area contributed by atoms with Gasteiger partial charge in [0.2, 0.25) is 5.91 Å². The molecule has 1 aliphatic rings. The van der Waals surface area contributed by atoms with Crippen LogP contribution in [0.2, 0.25) is 0 Å². The van der Waals surface area contributed by atoms with Crippen LogP contribution in [0, 0.1) is 0 Å². The average molecular weight is 241 g/mol. The van der Waals surface area contributed by atoms with Crippen LogP contribution in [0.25, 0.3) is 0 Å². The number of hydrogen-bond acceptors (Lipinski definition) is 3. The summed E-state index contributed by atoms with van der Waals surface area (Å²) in [6, 6.07) is 0.585. The number of nitrogens with zero attached hydrogens (tertiary/aromatic N) is 2. The van der Waals surface area contributed by atoms with Gasteiger partial charge in [-0.3, -0.25) is 9.69 Å². The van der Waals surface area contributed by atoms with Crippen LogP contribution >= 0.6 is 0 Å². The second-order valence-corrected chi connectivity index (χ2v) is 4.94. The Hall–Kier alpha value is -0.610. The van der Waals surface area contributed by atoms with Crippen LogP contribution in [0.3, 0.4) is 0 Å². The summed E-state index contributed by atoms with van der Waals surface area (Å²) in [5.41, 5.74) is 0. The van der Waals surface area contributed by atoms with Gasteiger partial charge in [-0.25, -0.2) is 0 Å². The summed E-state index contributed by atoms with van der Waals surface area (Å²) in [5, 5.41) is 3.50. The van der Waals surface area contributed by atoms with E-state index >= 15 is 0 Å². The lowest BCUT2D eigenvalue weighted by Crippen LogP contribution is -2.44. The number of nitrogens with one attached hydrogen (secondary N) is 1. The van der Waals surface area contributed by atoms with Gasteiger partial charge in [0.25, 0.3) is 0 Å². The normalized spacial score (nSPS) is 19.9.